The van der Waals surface area contributed by atoms with Gasteiger partial charge in [-0.3, -0.25) is 24.7 Å². The van der Waals surface area contributed by atoms with Crippen LogP contribution in [0, 0.1) is 73.1 Å². The van der Waals surface area contributed by atoms with Gasteiger partial charge >= 0.3 is 174 Å². The SMILES string of the molecule is O=C([O-])COc1cc(C#Cc2cc(CN(CC(=O)[O-])CC(=O)[O-])nc(CN(CCc3ccc(N=C=S)cc3)Cc3cc(C#Cc4cc(OCC(=O)[O-])cc(OC(=O)O)c4)cc(CN(CC(=O)[O-])CC(=O)[O-])n3)c2)cc(OCC(=O)[O-])c1.[Eu+3].[Na+].[Na+].[Na+].[Na+]. The van der Waals surface area contributed by atoms with Gasteiger partial charge in [0.1, 0.15) is 42.8 Å². The molecule has 424 valence electrons. The minimum absolute atomic E-state index is 0. The Bertz CT molecular complexity index is 3330. The third-order valence-electron chi connectivity index (χ3n) is 10.4. The second-order valence-corrected chi connectivity index (χ2v) is 17.2. The molecule has 5 aromatic rings. The molecule has 0 fully saturated rings. The number of aromatic nitrogens is 2. The van der Waals surface area contributed by atoms with E-state index >= 15 is 0 Å². The summed E-state index contributed by atoms with van der Waals surface area (Å²) < 4.78 is 20.4. The van der Waals surface area contributed by atoms with Crippen molar-refractivity contribution in [2.24, 2.45) is 4.99 Å². The van der Waals surface area contributed by atoms with Crippen LogP contribution >= 0.6 is 12.2 Å². The molecule has 0 aliphatic heterocycles. The number of carboxylic acids is 7. The summed E-state index contributed by atoms with van der Waals surface area (Å²) in [6, 6.07) is 20.3. The van der Waals surface area contributed by atoms with Gasteiger partial charge in [-0.05, 0) is 84.9 Å². The van der Waals surface area contributed by atoms with Crippen LogP contribution in [-0.2, 0) is 66.2 Å². The van der Waals surface area contributed by atoms with Crippen molar-refractivity contribution < 1.29 is 266 Å². The molecule has 2 aromatic heterocycles. The van der Waals surface area contributed by atoms with Crippen molar-refractivity contribution >= 4 is 71.0 Å². The van der Waals surface area contributed by atoms with Crippen LogP contribution in [0.4, 0.5) is 10.5 Å². The first-order chi connectivity index (χ1) is 38.5. The normalized spacial score (nSPS) is 9.94. The van der Waals surface area contributed by atoms with Gasteiger partial charge in [0.2, 0.25) is 0 Å². The van der Waals surface area contributed by atoms with E-state index in [2.05, 4.69) is 33.8 Å². The minimum Gasteiger partial charge on any atom is -0.549 e. The first-order valence-electron chi connectivity index (χ1n) is 23.4. The number of aliphatic imine (C=N–C) groups is 1. The fraction of sp³-hybridized carbons (Fsp3) is 0.241. The third-order valence-corrected chi connectivity index (χ3v) is 10.5. The van der Waals surface area contributed by atoms with E-state index in [1.807, 2.05) is 4.90 Å². The van der Waals surface area contributed by atoms with Crippen molar-refractivity contribution in [2.45, 2.75) is 32.6 Å². The second-order valence-electron chi connectivity index (χ2n) is 17.0. The van der Waals surface area contributed by atoms with E-state index in [1.54, 1.807) is 30.3 Å². The quantitative estimate of drug-likeness (QED) is 0.0111. The molecule has 0 spiro atoms. The predicted octanol–water partition coefficient (Wildman–Crippen LogP) is -17.7. The van der Waals surface area contributed by atoms with Crippen molar-refractivity contribution in [1.29, 1.82) is 0 Å². The standard InChI is InChI=1S/C54H48N6O20S.Eu.4Na/c61-47(62)25-59(26-48(63)64)23-41-13-34(1-3-36-15-43(77-29-51(69)70)19-44(16-36)78-30-52(71)72)11-39(56-41)21-58(10-9-33-5-7-38(8-6-33)55-32-81)22-40-12-35(14-42(57-40)24-60(27-49(65)66)28-50(67)68)2-4-37-17-45(79-31-53(73)74)20-46(18-37)80-54(75)76;;;;;/h5-8,11-20H,9-10,21-31H2,(H,61,62)(H,63,64)(H,65,66)(H,67,68)(H,69,70)(H,71,72)(H,73,74)(H,75,76);;;;;/q;+3;4*+1/p-7. The monoisotopic (exact) mass is 1370 g/mol. The molecule has 0 unspecified atom stereocenters. The number of hydrogen-bond donors (Lipinski definition) is 1. The molecule has 0 aliphatic rings. The summed E-state index contributed by atoms with van der Waals surface area (Å²) in [6.45, 7) is -6.88. The van der Waals surface area contributed by atoms with Gasteiger partial charge in [0.25, 0.3) is 0 Å². The molecule has 0 atom stereocenters. The van der Waals surface area contributed by atoms with Crippen molar-refractivity contribution in [2.75, 3.05) is 52.5 Å². The first kappa shape index (κ1) is 81.3. The van der Waals surface area contributed by atoms with Gasteiger partial charge in [0.15, 0.2) is 0 Å². The number of carbonyl (C=O) groups excluding carboxylic acids is 7. The average Bonchev–Trinajstić information content (AvgIpc) is 3.59. The second kappa shape index (κ2) is 42.3. The van der Waals surface area contributed by atoms with Crippen LogP contribution in [0.1, 0.15) is 50.6 Å². The Morgan fingerprint density at radius 2 is 0.779 bits per heavy atom. The number of benzene rings is 3. The van der Waals surface area contributed by atoms with E-state index in [9.17, 15) is 79.2 Å². The topological polar surface area (TPSA) is 403 Å². The van der Waals surface area contributed by atoms with E-state index in [0.717, 1.165) is 21.4 Å². The number of rotatable bonds is 30. The van der Waals surface area contributed by atoms with E-state index < -0.39 is 107 Å². The Balaban J connectivity index is 0.0000144. The summed E-state index contributed by atoms with van der Waals surface area (Å²) in [5.41, 5.74) is 2.58. The zero-order chi connectivity index (χ0) is 59.0. The van der Waals surface area contributed by atoms with Crippen LogP contribution < -0.4 is 173 Å². The average molecular weight is 1370 g/mol. The number of carboxylic acid groups (broad SMARTS) is 8. The first-order valence-corrected chi connectivity index (χ1v) is 23.8. The molecular weight excluding hydrogens is 1330 g/mol. The number of isothiocyanates is 1. The van der Waals surface area contributed by atoms with Crippen LogP contribution in [0.2, 0.25) is 0 Å². The van der Waals surface area contributed by atoms with Gasteiger partial charge < -0.3 is 93.4 Å². The van der Waals surface area contributed by atoms with Crippen molar-refractivity contribution in [3.8, 4) is 46.7 Å². The van der Waals surface area contributed by atoms with Crippen LogP contribution in [-0.4, -0.2) is 135 Å². The number of nitrogens with zero attached hydrogens (tertiary/aromatic N) is 6. The van der Waals surface area contributed by atoms with Crippen LogP contribution in [0.25, 0.3) is 0 Å². The third kappa shape index (κ3) is 32.5. The number of ether oxygens (including phenoxy) is 4. The maximum atomic E-state index is 11.7. The predicted molar refractivity (Wildman–Crippen MR) is 263 cm³/mol. The molecule has 26 nitrogen and oxygen atoms in total. The molecule has 2 heterocycles. The van der Waals surface area contributed by atoms with Gasteiger partial charge in [-0.15, -0.1) is 0 Å². The van der Waals surface area contributed by atoms with Crippen LogP contribution in [0.15, 0.2) is 89.9 Å². The largest absolute Gasteiger partial charge is 3.00 e. The van der Waals surface area contributed by atoms with Crippen molar-refractivity contribution in [1.82, 2.24) is 24.7 Å². The van der Waals surface area contributed by atoms with Gasteiger partial charge in [-0.25, -0.2) is 4.79 Å². The molecular formula is C54H41EuN6Na4O20S. The maximum Gasteiger partial charge on any atom is 3.00 e. The van der Waals surface area contributed by atoms with E-state index in [-0.39, 0.29) is 255 Å². The molecule has 0 amide bonds. The fourth-order valence-corrected chi connectivity index (χ4v) is 7.56. The molecule has 0 saturated heterocycles. The van der Waals surface area contributed by atoms with Gasteiger partial charge in [0, 0.05) is 93.3 Å². The summed E-state index contributed by atoms with van der Waals surface area (Å²) in [5, 5.41) is 92.0. The zero-order valence-electron chi connectivity index (χ0n) is 46.4. The Hall–Kier alpha value is -4.70. The molecule has 0 saturated carbocycles. The number of thiocarbonyl (C=S) groups is 1. The number of pyridine rings is 2. The van der Waals surface area contributed by atoms with Crippen LogP contribution in [0.5, 0.6) is 23.0 Å². The van der Waals surface area contributed by atoms with Gasteiger partial charge in [0.05, 0.1) is 75.4 Å². The summed E-state index contributed by atoms with van der Waals surface area (Å²) >= 11 is 4.73. The summed E-state index contributed by atoms with van der Waals surface area (Å²) in [4.78, 5) is 109. The number of aliphatic carboxylic acids is 7. The molecule has 5 rings (SSSR count). The summed E-state index contributed by atoms with van der Waals surface area (Å²) in [6.07, 6.45) is -1.37. The Kier molecular flexibility index (Phi) is 40.0. The summed E-state index contributed by atoms with van der Waals surface area (Å²) in [5.74, 6) is -0.386. The summed E-state index contributed by atoms with van der Waals surface area (Å²) in [7, 11) is 0. The Labute approximate surface area is 625 Å². The van der Waals surface area contributed by atoms with Gasteiger partial charge in [-0.2, -0.15) is 4.99 Å². The smallest absolute Gasteiger partial charge is 0.549 e. The zero-order valence-corrected chi connectivity index (χ0v) is 57.7. The van der Waals surface area contributed by atoms with Crippen molar-refractivity contribution in [3.63, 3.8) is 0 Å². The molecule has 0 bridgehead atoms. The molecule has 3 aromatic carbocycles. The molecule has 0 radical (unpaired) electrons. The molecule has 1 N–H and O–H groups in total. The van der Waals surface area contributed by atoms with Gasteiger partial charge in [-0.1, -0.05) is 35.8 Å². The molecule has 0 aliphatic carbocycles. The van der Waals surface area contributed by atoms with Crippen LogP contribution in [0.3, 0.4) is 0 Å². The number of carbonyl (C=O) groups is 8. The Morgan fingerprint density at radius 3 is 1.09 bits per heavy atom. The van der Waals surface area contributed by atoms with E-state index in [0.29, 0.717) is 12.1 Å². The van der Waals surface area contributed by atoms with E-state index in [1.165, 1.54) is 48.5 Å². The maximum absolute atomic E-state index is 11.7. The fourth-order valence-electron chi connectivity index (χ4n) is 7.45. The molecule has 86 heavy (non-hydrogen) atoms. The number of hydrogen-bond acceptors (Lipinski definition) is 26. The Morgan fingerprint density at radius 1 is 0.465 bits per heavy atom. The van der Waals surface area contributed by atoms with Crippen molar-refractivity contribution in [3.05, 3.63) is 136 Å². The van der Waals surface area contributed by atoms with E-state index in [4.69, 9.17) is 41.1 Å². The minimum atomic E-state index is -1.71. The molecule has 32 heteroatoms.